The Balaban J connectivity index is 1.64. The SMILES string of the molecule is N#Cc1cc(-n2ccc(-c3ccccn3)n2)ccc1Oc1cncc(Cl)c1. The van der Waals surface area contributed by atoms with Gasteiger partial charge in [-0.3, -0.25) is 9.97 Å². The summed E-state index contributed by atoms with van der Waals surface area (Å²) < 4.78 is 7.43. The Morgan fingerprint density at radius 2 is 1.96 bits per heavy atom. The Morgan fingerprint density at radius 1 is 1.04 bits per heavy atom. The fourth-order valence-electron chi connectivity index (χ4n) is 2.53. The molecule has 0 aliphatic carbocycles. The van der Waals surface area contributed by atoms with E-state index in [-0.39, 0.29) is 0 Å². The number of nitrogens with zero attached hydrogens (tertiary/aromatic N) is 5. The van der Waals surface area contributed by atoms with E-state index in [4.69, 9.17) is 16.3 Å². The standard InChI is InChI=1S/C20H12ClN5O/c21-15-10-17(13-23-12-15)27-20-5-4-16(9-14(20)11-22)26-8-6-19(25-26)18-3-1-2-7-24-18/h1-10,12-13H. The van der Waals surface area contributed by atoms with Crippen molar-refractivity contribution in [2.75, 3.05) is 0 Å². The van der Waals surface area contributed by atoms with E-state index in [0.717, 1.165) is 17.1 Å². The highest BCUT2D eigenvalue weighted by Crippen LogP contribution is 2.28. The molecule has 1 aromatic carbocycles. The number of aromatic nitrogens is 4. The number of benzene rings is 1. The molecule has 0 saturated carbocycles. The van der Waals surface area contributed by atoms with Gasteiger partial charge < -0.3 is 4.74 Å². The normalized spacial score (nSPS) is 10.4. The van der Waals surface area contributed by atoms with Gasteiger partial charge >= 0.3 is 0 Å². The fraction of sp³-hybridized carbons (Fsp3) is 0. The first-order chi connectivity index (χ1) is 13.2. The van der Waals surface area contributed by atoms with Gasteiger partial charge in [0.05, 0.1) is 28.2 Å². The molecule has 0 fully saturated rings. The van der Waals surface area contributed by atoms with Gasteiger partial charge in [-0.25, -0.2) is 4.68 Å². The third-order valence-electron chi connectivity index (χ3n) is 3.77. The zero-order chi connectivity index (χ0) is 18.6. The first kappa shape index (κ1) is 16.8. The summed E-state index contributed by atoms with van der Waals surface area (Å²) in [4.78, 5) is 8.27. The summed E-state index contributed by atoms with van der Waals surface area (Å²) in [6, 6.07) is 16.6. The molecule has 0 saturated heterocycles. The van der Waals surface area contributed by atoms with Gasteiger partial charge in [0, 0.05) is 24.7 Å². The van der Waals surface area contributed by atoms with Gasteiger partial charge in [0.25, 0.3) is 0 Å². The van der Waals surface area contributed by atoms with Gasteiger partial charge in [-0.05, 0) is 36.4 Å². The molecule has 6 nitrogen and oxygen atoms in total. The Hall–Kier alpha value is -3.69. The topological polar surface area (TPSA) is 76.6 Å². The van der Waals surface area contributed by atoms with Gasteiger partial charge in [-0.1, -0.05) is 17.7 Å². The highest BCUT2D eigenvalue weighted by molar-refractivity contribution is 6.30. The van der Waals surface area contributed by atoms with E-state index in [2.05, 4.69) is 21.1 Å². The summed E-state index contributed by atoms with van der Waals surface area (Å²) in [5, 5.41) is 14.5. The third-order valence-corrected chi connectivity index (χ3v) is 3.98. The Bertz CT molecular complexity index is 1130. The number of ether oxygens (including phenoxy) is 1. The molecule has 0 bridgehead atoms. The van der Waals surface area contributed by atoms with Crippen LogP contribution in [0.25, 0.3) is 17.1 Å². The molecule has 130 valence electrons. The molecule has 0 amide bonds. The van der Waals surface area contributed by atoms with Crippen molar-refractivity contribution in [3.05, 3.63) is 83.9 Å². The summed E-state index contributed by atoms with van der Waals surface area (Å²) in [6.45, 7) is 0. The number of rotatable bonds is 4. The first-order valence-electron chi connectivity index (χ1n) is 8.03. The molecule has 0 aliphatic heterocycles. The van der Waals surface area contributed by atoms with Crippen molar-refractivity contribution in [3.8, 4) is 34.6 Å². The van der Waals surface area contributed by atoms with Crippen LogP contribution in [-0.2, 0) is 0 Å². The van der Waals surface area contributed by atoms with E-state index >= 15 is 0 Å². The Morgan fingerprint density at radius 3 is 2.74 bits per heavy atom. The van der Waals surface area contributed by atoms with Crippen molar-refractivity contribution in [1.82, 2.24) is 19.7 Å². The maximum absolute atomic E-state index is 9.49. The number of nitriles is 1. The predicted octanol–water partition coefficient (Wildman–Crippen LogP) is 4.65. The van der Waals surface area contributed by atoms with Crippen LogP contribution in [0.15, 0.2) is 73.3 Å². The summed E-state index contributed by atoms with van der Waals surface area (Å²) in [5.74, 6) is 0.880. The smallest absolute Gasteiger partial charge is 0.147 e. The Labute approximate surface area is 160 Å². The Kier molecular flexibility index (Phi) is 4.52. The summed E-state index contributed by atoms with van der Waals surface area (Å²) in [6.07, 6.45) is 6.59. The quantitative estimate of drug-likeness (QED) is 0.520. The summed E-state index contributed by atoms with van der Waals surface area (Å²) in [7, 11) is 0. The van der Waals surface area contributed by atoms with Gasteiger partial charge in [0.15, 0.2) is 0 Å². The van der Waals surface area contributed by atoms with E-state index in [1.165, 1.54) is 12.4 Å². The van der Waals surface area contributed by atoms with Gasteiger partial charge in [0.1, 0.15) is 23.3 Å². The fourth-order valence-corrected chi connectivity index (χ4v) is 2.69. The first-order valence-corrected chi connectivity index (χ1v) is 8.41. The van der Waals surface area contributed by atoms with Crippen LogP contribution < -0.4 is 4.74 Å². The largest absolute Gasteiger partial charge is 0.454 e. The van der Waals surface area contributed by atoms with Crippen molar-refractivity contribution in [2.24, 2.45) is 0 Å². The van der Waals surface area contributed by atoms with E-state index in [1.807, 2.05) is 36.5 Å². The van der Waals surface area contributed by atoms with E-state index in [1.54, 1.807) is 29.1 Å². The lowest BCUT2D eigenvalue weighted by Gasteiger charge is -2.09. The lowest BCUT2D eigenvalue weighted by atomic mass is 10.2. The lowest BCUT2D eigenvalue weighted by Crippen LogP contribution is -1.97. The lowest BCUT2D eigenvalue weighted by molar-refractivity contribution is 0.478. The van der Waals surface area contributed by atoms with Crippen LogP contribution in [0.1, 0.15) is 5.56 Å². The molecule has 3 aromatic heterocycles. The molecule has 4 aromatic rings. The minimum Gasteiger partial charge on any atom is -0.454 e. The number of pyridine rings is 2. The zero-order valence-electron chi connectivity index (χ0n) is 14.0. The predicted molar refractivity (Wildman–Crippen MR) is 101 cm³/mol. The minimum atomic E-state index is 0.377. The summed E-state index contributed by atoms with van der Waals surface area (Å²) >= 11 is 5.92. The number of hydrogen-bond acceptors (Lipinski definition) is 5. The second-order valence-corrected chi connectivity index (χ2v) is 6.03. The van der Waals surface area contributed by atoms with E-state index < -0.39 is 0 Å². The van der Waals surface area contributed by atoms with Gasteiger partial charge in [-0.2, -0.15) is 10.4 Å². The van der Waals surface area contributed by atoms with Crippen molar-refractivity contribution in [3.63, 3.8) is 0 Å². The molecular weight excluding hydrogens is 362 g/mol. The summed E-state index contributed by atoms with van der Waals surface area (Å²) in [5.41, 5.74) is 2.65. The number of halogens is 1. The molecule has 0 radical (unpaired) electrons. The number of hydrogen-bond donors (Lipinski definition) is 0. The van der Waals surface area contributed by atoms with Crippen LogP contribution in [0.5, 0.6) is 11.5 Å². The zero-order valence-corrected chi connectivity index (χ0v) is 14.7. The van der Waals surface area contributed by atoms with Gasteiger partial charge in [0.2, 0.25) is 0 Å². The van der Waals surface area contributed by atoms with Crippen molar-refractivity contribution in [2.45, 2.75) is 0 Å². The van der Waals surface area contributed by atoms with Crippen molar-refractivity contribution >= 4 is 11.6 Å². The van der Waals surface area contributed by atoms with Crippen molar-refractivity contribution in [1.29, 1.82) is 5.26 Å². The average Bonchev–Trinajstić information content (AvgIpc) is 3.19. The maximum Gasteiger partial charge on any atom is 0.147 e. The van der Waals surface area contributed by atoms with Gasteiger partial charge in [-0.15, -0.1) is 0 Å². The van der Waals surface area contributed by atoms with Crippen LogP contribution in [-0.4, -0.2) is 19.7 Å². The molecule has 3 heterocycles. The molecule has 27 heavy (non-hydrogen) atoms. The van der Waals surface area contributed by atoms with Crippen LogP contribution in [0.4, 0.5) is 0 Å². The van der Waals surface area contributed by atoms with E-state index in [0.29, 0.717) is 22.1 Å². The highest BCUT2D eigenvalue weighted by atomic mass is 35.5. The van der Waals surface area contributed by atoms with E-state index in [9.17, 15) is 5.26 Å². The van der Waals surface area contributed by atoms with Crippen LogP contribution in [0, 0.1) is 11.3 Å². The molecule has 0 spiro atoms. The molecule has 7 heteroatoms. The molecular formula is C20H12ClN5O. The molecule has 0 atom stereocenters. The minimum absolute atomic E-state index is 0.377. The molecule has 0 N–H and O–H groups in total. The second kappa shape index (κ2) is 7.28. The molecule has 4 rings (SSSR count). The third kappa shape index (κ3) is 3.64. The van der Waals surface area contributed by atoms with Crippen molar-refractivity contribution < 1.29 is 4.74 Å². The average molecular weight is 374 g/mol. The van der Waals surface area contributed by atoms with Crippen LogP contribution >= 0.6 is 11.6 Å². The van der Waals surface area contributed by atoms with Crippen LogP contribution in [0.2, 0.25) is 5.02 Å². The molecule has 0 aliphatic rings. The highest BCUT2D eigenvalue weighted by Gasteiger charge is 2.10. The maximum atomic E-state index is 9.49. The monoisotopic (exact) mass is 373 g/mol. The van der Waals surface area contributed by atoms with Crippen LogP contribution in [0.3, 0.4) is 0 Å². The second-order valence-electron chi connectivity index (χ2n) is 5.59. The molecule has 0 unspecified atom stereocenters.